The van der Waals surface area contributed by atoms with Gasteiger partial charge in [0.1, 0.15) is 0 Å². The number of aryl methyl sites for hydroxylation is 4. The molecule has 1 unspecified atom stereocenters. The van der Waals surface area contributed by atoms with Gasteiger partial charge in [-0.15, -0.1) is 8.07 Å². The molecule has 6 rings (SSSR count). The van der Waals surface area contributed by atoms with Gasteiger partial charge in [-0.05, 0) is 99.5 Å². The average Bonchev–Trinajstić information content (AvgIpc) is 3.08. The molecule has 6 aromatic rings. The van der Waals surface area contributed by atoms with E-state index in [1.165, 1.54) is 50.9 Å². The minimum Gasteiger partial charge on any atom is -1.00 e. The molecule has 2 heterocycles. The van der Waals surface area contributed by atoms with Gasteiger partial charge in [0.05, 0.1) is 30.5 Å². The Kier molecular flexibility index (Phi) is 25.5. The Balaban J connectivity index is 0.000000923. The van der Waals surface area contributed by atoms with E-state index in [1.807, 2.05) is 30.3 Å². The van der Waals surface area contributed by atoms with E-state index in [9.17, 15) is 0 Å². The summed E-state index contributed by atoms with van der Waals surface area (Å²) in [6.07, 6.45) is 0. The molecule has 1 atom stereocenters. The summed E-state index contributed by atoms with van der Waals surface area (Å²) in [7, 11) is -3.03. The Labute approximate surface area is 413 Å². The van der Waals surface area contributed by atoms with Crippen LogP contribution in [0.2, 0.25) is 82.6 Å². The van der Waals surface area contributed by atoms with Crippen LogP contribution < -0.4 is 48.2 Å². The summed E-state index contributed by atoms with van der Waals surface area (Å²) >= 11 is 6.17. The fraction of sp³-hybridized carbons (Fsp3) is 0.354. The van der Waals surface area contributed by atoms with Gasteiger partial charge in [0, 0.05) is 44.5 Å². The quantitative estimate of drug-likeness (QED) is 0.145. The maximum Gasteiger partial charge on any atom is 2.00 e. The van der Waals surface area contributed by atoms with Crippen LogP contribution in [-0.4, -0.2) is 66.8 Å². The number of fused-ring (bicyclic) bond motifs is 2. The van der Waals surface area contributed by atoms with Gasteiger partial charge in [-0.25, -0.2) is 9.97 Å². The third-order valence-electron chi connectivity index (χ3n) is 9.81. The molecule has 4 aromatic carbocycles. The second-order valence-corrected chi connectivity index (χ2v) is 36.1. The topological polar surface area (TPSA) is 25.8 Å². The van der Waals surface area contributed by atoms with Crippen molar-refractivity contribution >= 4 is 90.2 Å². The number of nitrogens with zero attached hydrogens (tertiary/aromatic N) is 2. The van der Waals surface area contributed by atoms with Gasteiger partial charge in [0.2, 0.25) is 0 Å². The van der Waals surface area contributed by atoms with Crippen LogP contribution in [0.25, 0.3) is 44.3 Å². The van der Waals surface area contributed by atoms with Crippen molar-refractivity contribution in [3.63, 3.8) is 0 Å². The molecule has 11 heteroatoms. The summed E-state index contributed by atoms with van der Waals surface area (Å²) in [4.78, 5) is 9.76. The number of benzene rings is 4. The first-order chi connectivity index (χ1) is 25.7. The van der Waals surface area contributed by atoms with Gasteiger partial charge in [0.15, 0.2) is 0 Å². The largest absolute Gasteiger partial charge is 2.00 e. The zero-order valence-electron chi connectivity index (χ0n) is 38.7. The fourth-order valence-corrected chi connectivity index (χ4v) is 18.7. The van der Waals surface area contributed by atoms with E-state index in [1.54, 1.807) is 0 Å². The Hall–Kier alpha value is -1.01. The summed E-state index contributed by atoms with van der Waals surface area (Å²) in [5.41, 5.74) is 13.9. The third kappa shape index (κ3) is 18.3. The number of hydrogen-bond acceptors (Lipinski definition) is 2. The van der Waals surface area contributed by atoms with Gasteiger partial charge in [-0.2, -0.15) is 6.04 Å². The maximum absolute atomic E-state index is 6.17. The van der Waals surface area contributed by atoms with E-state index in [-0.39, 0.29) is 80.1 Å². The van der Waals surface area contributed by atoms with Crippen LogP contribution in [0.5, 0.6) is 0 Å². The first-order valence-electron chi connectivity index (χ1n) is 20.2. The zero-order valence-corrected chi connectivity index (χ0v) is 47.5. The number of rotatable bonds is 9. The molecule has 0 saturated carbocycles. The number of hydrogen-bond donors (Lipinski definition) is 0. The van der Waals surface area contributed by atoms with Gasteiger partial charge < -0.3 is 35.4 Å². The van der Waals surface area contributed by atoms with E-state index in [0.29, 0.717) is 0 Å². The van der Waals surface area contributed by atoms with Crippen LogP contribution in [0.4, 0.5) is 0 Å². The van der Waals surface area contributed by atoms with Gasteiger partial charge in [-0.1, -0.05) is 142 Å². The molecule has 2 nitrogen and oxygen atoms in total. The molecule has 0 saturated heterocycles. The number of halogens is 3. The van der Waals surface area contributed by atoms with Crippen molar-refractivity contribution < 1.29 is 48.2 Å². The molecule has 2 aromatic heterocycles. The van der Waals surface area contributed by atoms with Crippen molar-refractivity contribution in [1.82, 2.24) is 9.97 Å². The Morgan fingerprint density at radius 3 is 1.42 bits per heavy atom. The van der Waals surface area contributed by atoms with Crippen LogP contribution in [0, 0.1) is 33.7 Å². The van der Waals surface area contributed by atoms with Crippen molar-refractivity contribution in [2.75, 3.05) is 0 Å². The Bertz CT molecular complexity index is 2180. The number of aromatic nitrogens is 2. The first kappa shape index (κ1) is 58.0. The minimum absolute atomic E-state index is 0. The monoisotopic (exact) mass is 962 g/mol. The van der Waals surface area contributed by atoms with Crippen molar-refractivity contribution in [2.45, 2.75) is 111 Å². The molecule has 0 spiro atoms. The molecular formula is C48H66BrCl2LiMgN2Si4. The fourth-order valence-electron chi connectivity index (χ4n) is 7.17. The molecular weight excluding hydrogens is 899 g/mol. The molecule has 59 heavy (non-hydrogen) atoms. The summed E-state index contributed by atoms with van der Waals surface area (Å²) in [6.45, 7) is 33.1. The van der Waals surface area contributed by atoms with E-state index in [0.717, 1.165) is 43.9 Å². The number of pyridine rings is 2. The molecule has 0 N–H and O–H groups in total. The van der Waals surface area contributed by atoms with Crippen molar-refractivity contribution in [2.24, 2.45) is 0 Å². The molecule has 0 amide bonds. The molecule has 0 aliphatic heterocycles. The second-order valence-electron chi connectivity index (χ2n) is 18.6. The minimum atomic E-state index is -1.29. The van der Waals surface area contributed by atoms with Gasteiger partial charge in [0.25, 0.3) is 0 Å². The zero-order chi connectivity index (χ0) is 40.7. The van der Waals surface area contributed by atoms with E-state index < -0.39 is 24.9 Å². The van der Waals surface area contributed by atoms with E-state index >= 15 is 0 Å². The standard InChI is InChI=1S/C24H33NSi2.C17H14ClN.C7H19Si2.BrH.ClH.Li.Mg/c1-17-13-18(2)15-19(14-17)22-12-11-20-21(9-8-10-23(20)25-22)24(16-26(3)4)27(5,6)7;1-11-8-12(2)10-13(9-11)16-7-6-14-15(18)4-3-5-17(14)19-16;1-8(2)6-7-9(3,4)5;;;;/h8-15,24,26H,16H2,1-7H3;3-10H,1-2H3;7-8H,6H2,1-5H3;2*1H;;/q;;-1;;;+1;+2/p-2. The molecule has 0 aliphatic carbocycles. The average molecular weight is 965 g/mol. The summed E-state index contributed by atoms with van der Waals surface area (Å²) in [5.74, 6) is 0. The predicted molar refractivity (Wildman–Crippen MR) is 265 cm³/mol. The summed E-state index contributed by atoms with van der Waals surface area (Å²) in [5, 5.41) is 3.10. The molecule has 0 bridgehead atoms. The summed E-state index contributed by atoms with van der Waals surface area (Å²) in [6, 6.07) is 39.8. The van der Waals surface area contributed by atoms with Crippen LogP contribution in [-0.2, 0) is 0 Å². The predicted octanol–water partition coefficient (Wildman–Crippen LogP) is 5.32. The molecule has 0 radical (unpaired) electrons. The van der Waals surface area contributed by atoms with Crippen LogP contribution >= 0.6 is 11.6 Å². The van der Waals surface area contributed by atoms with Gasteiger partial charge in [-0.3, -0.25) is 0 Å². The molecule has 0 fully saturated rings. The molecule has 0 aliphatic rings. The Morgan fingerprint density at radius 1 is 0.610 bits per heavy atom. The Morgan fingerprint density at radius 2 is 1.03 bits per heavy atom. The third-order valence-corrected chi connectivity index (χ3v) is 17.8. The van der Waals surface area contributed by atoms with Crippen LogP contribution in [0.1, 0.15) is 33.4 Å². The van der Waals surface area contributed by atoms with Crippen LogP contribution in [0.3, 0.4) is 0 Å². The molecule has 308 valence electrons. The van der Waals surface area contributed by atoms with E-state index in [4.69, 9.17) is 21.6 Å². The smallest absolute Gasteiger partial charge is 1.00 e. The van der Waals surface area contributed by atoms with Crippen molar-refractivity contribution in [3.05, 3.63) is 136 Å². The summed E-state index contributed by atoms with van der Waals surface area (Å²) < 4.78 is 0. The maximum atomic E-state index is 6.17. The van der Waals surface area contributed by atoms with E-state index in [2.05, 4.69) is 166 Å². The SMILES string of the molecule is C[SiH](C)C[CH-][Si](C)(C)C.Cc1cc(C)cc(-c2ccc3c(C(C[SiH](C)C)[Si](C)(C)C)cccc3n2)c1.Cc1cc(C)cc(-c2ccc3c(Cl)cccc3n2)c1.[Br-].[Cl-].[Li+].[Mg+2]. The van der Waals surface area contributed by atoms with Crippen molar-refractivity contribution in [3.8, 4) is 22.5 Å². The first-order valence-corrected chi connectivity index (χ1v) is 33.9. The van der Waals surface area contributed by atoms with Crippen LogP contribution in [0.15, 0.2) is 97.1 Å². The van der Waals surface area contributed by atoms with Crippen molar-refractivity contribution in [1.29, 1.82) is 0 Å². The van der Waals surface area contributed by atoms with Gasteiger partial charge >= 0.3 is 41.9 Å². The normalized spacial score (nSPS) is 11.5. The second kappa shape index (κ2) is 25.9.